The first-order chi connectivity index (χ1) is 15.4. The molecule has 0 saturated heterocycles. The summed E-state index contributed by atoms with van der Waals surface area (Å²) in [4.78, 5) is 29.7. The number of halogens is 1. The van der Waals surface area contributed by atoms with Crippen molar-refractivity contribution in [2.45, 2.75) is 13.8 Å². The molecule has 4 rings (SSSR count). The molecule has 0 aliphatic heterocycles. The molecule has 1 amide bonds. The summed E-state index contributed by atoms with van der Waals surface area (Å²) < 4.78 is 18.1. The highest BCUT2D eigenvalue weighted by atomic mass is 19.1. The lowest BCUT2D eigenvalue weighted by atomic mass is 9.99. The van der Waals surface area contributed by atoms with Crippen molar-refractivity contribution < 1.29 is 18.7 Å². The SMILES string of the molecule is COC(=O)c1ccc(NC(=O)c2cc(-c3ccc(F)cc3)nc3c(C)cc(C)cc23)cc1. The number of hydrogen-bond acceptors (Lipinski definition) is 4. The van der Waals surface area contributed by atoms with Gasteiger partial charge in [0.1, 0.15) is 5.82 Å². The Kier molecular flexibility index (Phi) is 5.69. The molecule has 1 N–H and O–H groups in total. The number of nitrogens with one attached hydrogen (secondary N) is 1. The Balaban J connectivity index is 1.78. The maximum atomic E-state index is 13.4. The molecule has 0 aliphatic carbocycles. The molecule has 1 aromatic heterocycles. The molecule has 0 aliphatic rings. The van der Waals surface area contributed by atoms with E-state index in [1.54, 1.807) is 42.5 Å². The maximum Gasteiger partial charge on any atom is 0.337 e. The first-order valence-electron chi connectivity index (χ1n) is 10.0. The number of aryl methyl sites for hydroxylation is 2. The van der Waals surface area contributed by atoms with Crippen molar-refractivity contribution in [2.24, 2.45) is 0 Å². The number of benzene rings is 3. The van der Waals surface area contributed by atoms with Gasteiger partial charge in [0.25, 0.3) is 5.91 Å². The molecule has 0 radical (unpaired) electrons. The van der Waals surface area contributed by atoms with Crippen molar-refractivity contribution >= 4 is 28.5 Å². The fourth-order valence-corrected chi connectivity index (χ4v) is 3.64. The maximum absolute atomic E-state index is 13.4. The minimum atomic E-state index is -0.446. The van der Waals surface area contributed by atoms with Crippen LogP contribution in [0.3, 0.4) is 0 Å². The Bertz CT molecular complexity index is 1330. The van der Waals surface area contributed by atoms with Crippen LogP contribution in [0, 0.1) is 19.7 Å². The van der Waals surface area contributed by atoms with E-state index in [2.05, 4.69) is 5.32 Å². The molecule has 0 saturated carbocycles. The number of esters is 1. The summed E-state index contributed by atoms with van der Waals surface area (Å²) in [5, 5.41) is 3.62. The van der Waals surface area contributed by atoms with Crippen LogP contribution in [-0.4, -0.2) is 24.0 Å². The fourth-order valence-electron chi connectivity index (χ4n) is 3.64. The van der Waals surface area contributed by atoms with Gasteiger partial charge in [-0.05, 0) is 80.1 Å². The number of carbonyl (C=O) groups is 2. The number of carbonyl (C=O) groups excluding carboxylic acids is 2. The van der Waals surface area contributed by atoms with Gasteiger partial charge in [0.05, 0.1) is 29.4 Å². The van der Waals surface area contributed by atoms with E-state index in [-0.39, 0.29) is 11.7 Å². The van der Waals surface area contributed by atoms with Crippen LogP contribution in [0.5, 0.6) is 0 Å². The number of pyridine rings is 1. The summed E-state index contributed by atoms with van der Waals surface area (Å²) in [6, 6.07) is 18.1. The number of rotatable bonds is 4. The van der Waals surface area contributed by atoms with Gasteiger partial charge in [-0.1, -0.05) is 11.6 Å². The zero-order valence-corrected chi connectivity index (χ0v) is 17.9. The van der Waals surface area contributed by atoms with Crippen LogP contribution in [0.15, 0.2) is 66.7 Å². The van der Waals surface area contributed by atoms with Crippen LogP contribution in [0.25, 0.3) is 22.2 Å². The Morgan fingerprint density at radius 1 is 0.938 bits per heavy atom. The zero-order chi connectivity index (χ0) is 22.8. The summed E-state index contributed by atoms with van der Waals surface area (Å²) in [5.74, 6) is -1.09. The van der Waals surface area contributed by atoms with E-state index in [1.807, 2.05) is 26.0 Å². The molecule has 0 bridgehead atoms. The normalized spacial score (nSPS) is 10.8. The molecule has 0 spiro atoms. The van der Waals surface area contributed by atoms with Crippen molar-refractivity contribution in [1.29, 1.82) is 0 Å². The molecular formula is C26H21FN2O3. The van der Waals surface area contributed by atoms with Crippen molar-refractivity contribution in [2.75, 3.05) is 12.4 Å². The molecule has 0 fully saturated rings. The summed E-state index contributed by atoms with van der Waals surface area (Å²) in [6.07, 6.45) is 0. The van der Waals surface area contributed by atoms with Gasteiger partial charge >= 0.3 is 5.97 Å². The summed E-state index contributed by atoms with van der Waals surface area (Å²) in [7, 11) is 1.31. The summed E-state index contributed by atoms with van der Waals surface area (Å²) >= 11 is 0. The Labute approximate surface area is 184 Å². The van der Waals surface area contributed by atoms with E-state index in [9.17, 15) is 14.0 Å². The number of methoxy groups -OCH3 is 1. The van der Waals surface area contributed by atoms with Crippen molar-refractivity contribution in [3.8, 4) is 11.3 Å². The van der Waals surface area contributed by atoms with Crippen LogP contribution >= 0.6 is 0 Å². The average molecular weight is 428 g/mol. The van der Waals surface area contributed by atoms with Crippen molar-refractivity contribution in [1.82, 2.24) is 4.98 Å². The van der Waals surface area contributed by atoms with E-state index >= 15 is 0 Å². The lowest BCUT2D eigenvalue weighted by molar-refractivity contribution is 0.0600. The first kappa shape index (κ1) is 21.2. The second kappa shape index (κ2) is 8.59. The van der Waals surface area contributed by atoms with E-state index in [0.29, 0.717) is 33.6 Å². The highest BCUT2D eigenvalue weighted by Gasteiger charge is 2.16. The first-order valence-corrected chi connectivity index (χ1v) is 10.0. The molecule has 3 aromatic carbocycles. The highest BCUT2D eigenvalue weighted by Crippen LogP contribution is 2.29. The predicted octanol–water partition coefficient (Wildman–Crippen LogP) is 5.70. The quantitative estimate of drug-likeness (QED) is 0.424. The van der Waals surface area contributed by atoms with Gasteiger partial charge in [0.15, 0.2) is 0 Å². The lowest BCUT2D eigenvalue weighted by Gasteiger charge is -2.13. The molecule has 4 aromatic rings. The molecule has 1 heterocycles. The number of hydrogen-bond donors (Lipinski definition) is 1. The van der Waals surface area contributed by atoms with Gasteiger partial charge < -0.3 is 10.1 Å². The second-order valence-corrected chi connectivity index (χ2v) is 7.56. The van der Waals surface area contributed by atoms with E-state index in [1.165, 1.54) is 19.2 Å². The molecule has 0 atom stereocenters. The van der Waals surface area contributed by atoms with Crippen molar-refractivity contribution in [3.05, 3.63) is 94.8 Å². The second-order valence-electron chi connectivity index (χ2n) is 7.56. The standard InChI is InChI=1S/C26H21FN2O3/c1-15-12-16(2)24-21(13-15)22(14-23(29-24)17-4-8-19(27)9-5-17)25(30)28-20-10-6-18(7-11-20)26(31)32-3/h4-14H,1-3H3,(H,28,30). The third-order valence-electron chi connectivity index (χ3n) is 5.20. The van der Waals surface area contributed by atoms with Crippen LogP contribution < -0.4 is 5.32 Å². The van der Waals surface area contributed by atoms with Crippen LogP contribution in [0.2, 0.25) is 0 Å². The zero-order valence-electron chi connectivity index (χ0n) is 17.9. The van der Waals surface area contributed by atoms with Gasteiger partial charge in [-0.3, -0.25) is 4.79 Å². The number of ether oxygens (including phenoxy) is 1. The van der Waals surface area contributed by atoms with Crippen LogP contribution in [-0.2, 0) is 4.74 Å². The molecule has 32 heavy (non-hydrogen) atoms. The third-order valence-corrected chi connectivity index (χ3v) is 5.20. The highest BCUT2D eigenvalue weighted by molar-refractivity contribution is 6.13. The molecule has 6 heteroatoms. The van der Waals surface area contributed by atoms with Gasteiger partial charge in [-0.15, -0.1) is 0 Å². The predicted molar refractivity (Wildman–Crippen MR) is 122 cm³/mol. The van der Waals surface area contributed by atoms with E-state index in [4.69, 9.17) is 9.72 Å². The molecule has 160 valence electrons. The van der Waals surface area contributed by atoms with E-state index < -0.39 is 5.97 Å². The lowest BCUT2D eigenvalue weighted by Crippen LogP contribution is -2.13. The monoisotopic (exact) mass is 428 g/mol. The average Bonchev–Trinajstić information content (AvgIpc) is 2.79. The third kappa shape index (κ3) is 4.21. The Hall–Kier alpha value is -4.06. The molecule has 0 unspecified atom stereocenters. The summed E-state index contributed by atoms with van der Waals surface area (Å²) in [6.45, 7) is 3.91. The van der Waals surface area contributed by atoms with Crippen LogP contribution in [0.1, 0.15) is 31.8 Å². The number of aromatic nitrogens is 1. The van der Waals surface area contributed by atoms with Gasteiger partial charge in [-0.2, -0.15) is 0 Å². The van der Waals surface area contributed by atoms with Gasteiger partial charge in [0, 0.05) is 16.6 Å². The van der Waals surface area contributed by atoms with E-state index in [0.717, 1.165) is 16.5 Å². The number of amides is 1. The molecule has 5 nitrogen and oxygen atoms in total. The minimum absolute atomic E-state index is 0.309. The number of fused-ring (bicyclic) bond motifs is 1. The fraction of sp³-hybridized carbons (Fsp3) is 0.115. The Morgan fingerprint density at radius 2 is 1.62 bits per heavy atom. The van der Waals surface area contributed by atoms with Gasteiger partial charge in [-0.25, -0.2) is 14.2 Å². The van der Waals surface area contributed by atoms with Crippen LogP contribution in [0.4, 0.5) is 10.1 Å². The largest absolute Gasteiger partial charge is 0.465 e. The molecular weight excluding hydrogens is 407 g/mol. The number of anilines is 1. The summed E-state index contributed by atoms with van der Waals surface area (Å²) in [5.41, 5.74) is 5.36. The van der Waals surface area contributed by atoms with Gasteiger partial charge in [0.2, 0.25) is 0 Å². The smallest absolute Gasteiger partial charge is 0.337 e. The number of nitrogens with zero attached hydrogens (tertiary/aromatic N) is 1. The minimum Gasteiger partial charge on any atom is -0.465 e. The van der Waals surface area contributed by atoms with Crippen molar-refractivity contribution in [3.63, 3.8) is 0 Å². The topological polar surface area (TPSA) is 68.3 Å². The Morgan fingerprint density at radius 3 is 2.28 bits per heavy atom.